The molecule has 0 bridgehead atoms. The van der Waals surface area contributed by atoms with Crippen LogP contribution in [0.25, 0.3) is 0 Å². The highest BCUT2D eigenvalue weighted by Gasteiger charge is 2.26. The van der Waals surface area contributed by atoms with Gasteiger partial charge in [-0.05, 0) is 18.8 Å². The zero-order valence-electron chi connectivity index (χ0n) is 9.09. The molecule has 1 aromatic rings. The molecule has 4 heteroatoms. The van der Waals surface area contributed by atoms with Gasteiger partial charge in [0.15, 0.2) is 5.76 Å². The van der Waals surface area contributed by atoms with Gasteiger partial charge in [-0.3, -0.25) is 4.90 Å². The minimum Gasteiger partial charge on any atom is -0.393 e. The van der Waals surface area contributed by atoms with E-state index in [1.54, 1.807) is 6.20 Å². The summed E-state index contributed by atoms with van der Waals surface area (Å²) in [4.78, 5) is 2.32. The number of aromatic nitrogens is 1. The summed E-state index contributed by atoms with van der Waals surface area (Å²) in [7, 11) is 0. The maximum Gasteiger partial charge on any atom is 0.150 e. The van der Waals surface area contributed by atoms with Crippen LogP contribution >= 0.6 is 0 Å². The lowest BCUT2D eigenvalue weighted by Gasteiger charge is -2.35. The first kappa shape index (κ1) is 10.6. The SMILES string of the molecule is CCC1CN(Cc2ccno2)CCC1O. The maximum atomic E-state index is 9.75. The molecule has 2 unspecified atom stereocenters. The van der Waals surface area contributed by atoms with Crippen molar-refractivity contribution < 1.29 is 9.63 Å². The highest BCUT2D eigenvalue weighted by Crippen LogP contribution is 2.21. The van der Waals surface area contributed by atoms with Crippen molar-refractivity contribution in [3.05, 3.63) is 18.0 Å². The third-order valence-corrected chi connectivity index (χ3v) is 3.17. The Hall–Kier alpha value is -0.870. The molecule has 1 aromatic heterocycles. The molecule has 0 saturated carbocycles. The van der Waals surface area contributed by atoms with Crippen LogP contribution in [0.4, 0.5) is 0 Å². The standard InChI is InChI=1S/C11H18N2O2/c1-2-9-7-13(6-4-11(9)14)8-10-3-5-12-15-10/h3,5,9,11,14H,2,4,6-8H2,1H3. The molecule has 15 heavy (non-hydrogen) atoms. The minimum atomic E-state index is -0.124. The first-order valence-corrected chi connectivity index (χ1v) is 5.59. The molecular formula is C11H18N2O2. The lowest BCUT2D eigenvalue weighted by Crippen LogP contribution is -2.42. The summed E-state index contributed by atoms with van der Waals surface area (Å²) in [6, 6.07) is 1.89. The molecule has 0 aromatic carbocycles. The molecule has 2 heterocycles. The van der Waals surface area contributed by atoms with Gasteiger partial charge in [-0.1, -0.05) is 12.1 Å². The van der Waals surface area contributed by atoms with Gasteiger partial charge in [0.25, 0.3) is 0 Å². The molecule has 0 spiro atoms. The third kappa shape index (κ3) is 2.58. The fourth-order valence-corrected chi connectivity index (χ4v) is 2.18. The van der Waals surface area contributed by atoms with E-state index in [1.807, 2.05) is 6.07 Å². The first-order chi connectivity index (χ1) is 7.29. The lowest BCUT2D eigenvalue weighted by molar-refractivity contribution is 0.0193. The average Bonchev–Trinajstić information content (AvgIpc) is 2.73. The van der Waals surface area contributed by atoms with Crippen molar-refractivity contribution in [2.45, 2.75) is 32.4 Å². The van der Waals surface area contributed by atoms with E-state index in [4.69, 9.17) is 4.52 Å². The zero-order chi connectivity index (χ0) is 10.7. The van der Waals surface area contributed by atoms with Crippen LogP contribution in [-0.4, -0.2) is 34.4 Å². The van der Waals surface area contributed by atoms with E-state index in [2.05, 4.69) is 17.0 Å². The molecule has 0 aliphatic carbocycles. The molecule has 4 nitrogen and oxygen atoms in total. The smallest absolute Gasteiger partial charge is 0.150 e. The Morgan fingerprint density at radius 2 is 2.53 bits per heavy atom. The summed E-state index contributed by atoms with van der Waals surface area (Å²) >= 11 is 0. The molecule has 1 aliphatic rings. The minimum absolute atomic E-state index is 0.124. The van der Waals surface area contributed by atoms with E-state index in [0.717, 1.165) is 38.2 Å². The predicted octanol–water partition coefficient (Wildman–Crippen LogP) is 1.27. The zero-order valence-corrected chi connectivity index (χ0v) is 9.09. The lowest BCUT2D eigenvalue weighted by atomic mass is 9.92. The molecule has 0 radical (unpaired) electrons. The second-order valence-corrected chi connectivity index (χ2v) is 4.24. The van der Waals surface area contributed by atoms with Gasteiger partial charge in [0.2, 0.25) is 0 Å². The van der Waals surface area contributed by atoms with Gasteiger partial charge < -0.3 is 9.63 Å². The van der Waals surface area contributed by atoms with E-state index in [-0.39, 0.29) is 6.10 Å². The molecule has 1 saturated heterocycles. The molecule has 2 atom stereocenters. The van der Waals surface area contributed by atoms with Crippen molar-refractivity contribution in [3.8, 4) is 0 Å². The van der Waals surface area contributed by atoms with Gasteiger partial charge in [-0.15, -0.1) is 0 Å². The summed E-state index contributed by atoms with van der Waals surface area (Å²) in [5.74, 6) is 1.31. The number of hydrogen-bond acceptors (Lipinski definition) is 4. The maximum absolute atomic E-state index is 9.75. The van der Waals surface area contributed by atoms with Crippen LogP contribution in [0.2, 0.25) is 0 Å². The Kier molecular flexibility index (Phi) is 3.38. The number of nitrogens with zero attached hydrogens (tertiary/aromatic N) is 2. The van der Waals surface area contributed by atoms with Crippen LogP contribution in [0.5, 0.6) is 0 Å². The molecule has 1 N–H and O–H groups in total. The van der Waals surface area contributed by atoms with Crippen molar-refractivity contribution >= 4 is 0 Å². The van der Waals surface area contributed by atoms with Gasteiger partial charge in [-0.2, -0.15) is 0 Å². The molecule has 0 amide bonds. The fourth-order valence-electron chi connectivity index (χ4n) is 2.18. The molecule has 2 rings (SSSR count). The van der Waals surface area contributed by atoms with E-state index < -0.39 is 0 Å². The second kappa shape index (κ2) is 4.77. The third-order valence-electron chi connectivity index (χ3n) is 3.17. The highest BCUT2D eigenvalue weighted by atomic mass is 16.5. The van der Waals surface area contributed by atoms with Gasteiger partial charge in [-0.25, -0.2) is 0 Å². The first-order valence-electron chi connectivity index (χ1n) is 5.59. The molecular weight excluding hydrogens is 192 g/mol. The van der Waals surface area contributed by atoms with Crippen LogP contribution in [0.15, 0.2) is 16.8 Å². The topological polar surface area (TPSA) is 49.5 Å². The van der Waals surface area contributed by atoms with Gasteiger partial charge in [0.1, 0.15) is 0 Å². The number of aliphatic hydroxyl groups is 1. The second-order valence-electron chi connectivity index (χ2n) is 4.24. The summed E-state index contributed by atoms with van der Waals surface area (Å²) in [6.07, 6.45) is 3.45. The van der Waals surface area contributed by atoms with Gasteiger partial charge in [0.05, 0.1) is 18.8 Å². The largest absolute Gasteiger partial charge is 0.393 e. The molecule has 1 fully saturated rings. The van der Waals surface area contributed by atoms with Crippen molar-refractivity contribution in [1.29, 1.82) is 0 Å². The molecule has 84 valence electrons. The van der Waals surface area contributed by atoms with Gasteiger partial charge in [0, 0.05) is 19.2 Å². The Morgan fingerprint density at radius 3 is 3.20 bits per heavy atom. The summed E-state index contributed by atoms with van der Waals surface area (Å²) in [6.45, 7) is 4.84. The normalized spacial score (nSPS) is 28.1. The Bertz CT molecular complexity index is 287. The molecule has 1 aliphatic heterocycles. The Morgan fingerprint density at radius 1 is 1.67 bits per heavy atom. The van der Waals surface area contributed by atoms with E-state index in [0.29, 0.717) is 5.92 Å². The van der Waals surface area contributed by atoms with Crippen LogP contribution in [0, 0.1) is 5.92 Å². The van der Waals surface area contributed by atoms with E-state index in [1.165, 1.54) is 0 Å². The van der Waals surface area contributed by atoms with Crippen molar-refractivity contribution in [2.24, 2.45) is 5.92 Å². The van der Waals surface area contributed by atoms with Gasteiger partial charge >= 0.3 is 0 Å². The Balaban J connectivity index is 1.89. The van der Waals surface area contributed by atoms with Crippen molar-refractivity contribution in [2.75, 3.05) is 13.1 Å². The fraction of sp³-hybridized carbons (Fsp3) is 0.727. The highest BCUT2D eigenvalue weighted by molar-refractivity contribution is 4.93. The summed E-state index contributed by atoms with van der Waals surface area (Å²) in [5.41, 5.74) is 0. The van der Waals surface area contributed by atoms with Crippen molar-refractivity contribution in [3.63, 3.8) is 0 Å². The predicted molar refractivity (Wildman–Crippen MR) is 56.2 cm³/mol. The average molecular weight is 210 g/mol. The summed E-state index contributed by atoms with van der Waals surface area (Å²) in [5, 5.41) is 13.4. The number of aliphatic hydroxyl groups excluding tert-OH is 1. The van der Waals surface area contributed by atoms with Crippen LogP contribution in [-0.2, 0) is 6.54 Å². The summed E-state index contributed by atoms with van der Waals surface area (Å²) < 4.78 is 5.08. The number of likely N-dealkylation sites (tertiary alicyclic amines) is 1. The quantitative estimate of drug-likeness (QED) is 0.816. The number of piperidine rings is 1. The van der Waals surface area contributed by atoms with Crippen LogP contribution in [0.3, 0.4) is 0 Å². The van der Waals surface area contributed by atoms with Crippen LogP contribution < -0.4 is 0 Å². The number of hydrogen-bond donors (Lipinski definition) is 1. The van der Waals surface area contributed by atoms with Crippen molar-refractivity contribution in [1.82, 2.24) is 10.1 Å². The van der Waals surface area contributed by atoms with E-state index >= 15 is 0 Å². The number of rotatable bonds is 3. The van der Waals surface area contributed by atoms with Crippen LogP contribution in [0.1, 0.15) is 25.5 Å². The monoisotopic (exact) mass is 210 g/mol. The van der Waals surface area contributed by atoms with E-state index in [9.17, 15) is 5.11 Å². The Labute approximate surface area is 89.9 Å².